The number of halogens is 1. The van der Waals surface area contributed by atoms with Gasteiger partial charge < -0.3 is 0 Å². The van der Waals surface area contributed by atoms with E-state index in [1.54, 1.807) is 0 Å². The third-order valence-corrected chi connectivity index (χ3v) is 5.27. The van der Waals surface area contributed by atoms with E-state index >= 15 is 0 Å². The highest BCUT2D eigenvalue weighted by atomic mass is 32.2. The summed E-state index contributed by atoms with van der Waals surface area (Å²) < 4.78 is 40.7. The second kappa shape index (κ2) is 4.78. The minimum Gasteiger partial charge on any atom is -0.258 e. The van der Waals surface area contributed by atoms with Gasteiger partial charge in [0.2, 0.25) is 15.8 Å². The second-order valence-electron chi connectivity index (χ2n) is 5.18. The van der Waals surface area contributed by atoms with Gasteiger partial charge in [0.15, 0.2) is 0 Å². The normalized spacial score (nSPS) is 21.8. The smallest absolute Gasteiger partial charge is 0.258 e. The molecule has 0 spiro atoms. The van der Waals surface area contributed by atoms with Crippen LogP contribution in [0, 0.1) is 35.7 Å². The van der Waals surface area contributed by atoms with Gasteiger partial charge in [0.25, 0.3) is 0 Å². The van der Waals surface area contributed by atoms with Gasteiger partial charge in [0.1, 0.15) is 0 Å². The Morgan fingerprint density at radius 2 is 2.00 bits per heavy atom. The summed E-state index contributed by atoms with van der Waals surface area (Å²) in [5.74, 6) is -0.774. The maximum Gasteiger partial charge on any atom is 0.309 e. The number of hydrogen-bond acceptors (Lipinski definition) is 4. The fourth-order valence-electron chi connectivity index (χ4n) is 2.29. The van der Waals surface area contributed by atoms with Crippen molar-refractivity contribution >= 4 is 15.7 Å². The highest BCUT2D eigenvalue weighted by Crippen LogP contribution is 2.34. The molecule has 0 bridgehead atoms. The van der Waals surface area contributed by atoms with E-state index < -0.39 is 26.5 Å². The molecular formula is C12H15FN2O4S. The average molecular weight is 302 g/mol. The summed E-state index contributed by atoms with van der Waals surface area (Å²) in [5, 5.41) is 10.9. The lowest BCUT2D eigenvalue weighted by Gasteiger charge is -2.12. The van der Waals surface area contributed by atoms with Crippen molar-refractivity contribution in [2.45, 2.75) is 38.1 Å². The first-order chi connectivity index (χ1) is 9.15. The van der Waals surface area contributed by atoms with E-state index in [2.05, 4.69) is 4.72 Å². The summed E-state index contributed by atoms with van der Waals surface area (Å²) in [5.41, 5.74) is -0.806. The summed E-state index contributed by atoms with van der Waals surface area (Å²) >= 11 is 0. The summed E-state index contributed by atoms with van der Waals surface area (Å²) in [6, 6.07) is 0.735. The standard InChI is InChI=1S/C12H15FN2O4S/c1-6-5-10(6)14-20(18,19)12-7(2)4-9(13)11(8(12)3)15(16)17/h4,6,10,14H,5H2,1-3H3. The van der Waals surface area contributed by atoms with Gasteiger partial charge in [-0.3, -0.25) is 10.1 Å². The predicted molar refractivity (Wildman–Crippen MR) is 70.4 cm³/mol. The molecule has 0 aromatic heterocycles. The van der Waals surface area contributed by atoms with Crippen LogP contribution in [0.15, 0.2) is 11.0 Å². The number of sulfonamides is 1. The van der Waals surface area contributed by atoms with Gasteiger partial charge in [-0.25, -0.2) is 13.1 Å². The molecule has 2 atom stereocenters. The number of nitro benzene ring substituents is 1. The molecule has 1 aliphatic carbocycles. The molecular weight excluding hydrogens is 287 g/mol. The molecule has 0 saturated heterocycles. The van der Waals surface area contributed by atoms with Crippen LogP contribution < -0.4 is 4.72 Å². The topological polar surface area (TPSA) is 89.3 Å². The van der Waals surface area contributed by atoms with Crippen molar-refractivity contribution in [3.63, 3.8) is 0 Å². The Bertz CT molecular complexity index is 687. The van der Waals surface area contributed by atoms with Crippen molar-refractivity contribution in [1.29, 1.82) is 0 Å². The maximum absolute atomic E-state index is 13.6. The summed E-state index contributed by atoms with van der Waals surface area (Å²) in [6.07, 6.45) is 0.737. The molecule has 6 nitrogen and oxygen atoms in total. The molecule has 1 fully saturated rings. The molecule has 2 unspecified atom stereocenters. The van der Waals surface area contributed by atoms with Gasteiger partial charge in [-0.2, -0.15) is 4.39 Å². The molecule has 0 heterocycles. The highest BCUT2D eigenvalue weighted by molar-refractivity contribution is 7.89. The van der Waals surface area contributed by atoms with Crippen LogP contribution in [0.5, 0.6) is 0 Å². The zero-order chi connectivity index (χ0) is 15.2. The predicted octanol–water partition coefficient (Wildman–Crippen LogP) is 2.04. The van der Waals surface area contributed by atoms with Crippen molar-refractivity contribution in [1.82, 2.24) is 4.72 Å². The van der Waals surface area contributed by atoms with E-state index in [0.717, 1.165) is 12.5 Å². The van der Waals surface area contributed by atoms with Crippen LogP contribution in [-0.4, -0.2) is 19.4 Å². The molecule has 0 amide bonds. The number of nitrogens with one attached hydrogen (secondary N) is 1. The molecule has 1 aromatic rings. The number of nitrogens with zero attached hydrogens (tertiary/aromatic N) is 1. The van der Waals surface area contributed by atoms with Crippen molar-refractivity contribution in [2.24, 2.45) is 5.92 Å². The van der Waals surface area contributed by atoms with Crippen LogP contribution in [-0.2, 0) is 10.0 Å². The SMILES string of the molecule is Cc1cc(F)c([N+](=O)[O-])c(C)c1S(=O)(=O)NC1CC1C. The van der Waals surface area contributed by atoms with Gasteiger partial charge in [-0.05, 0) is 37.8 Å². The van der Waals surface area contributed by atoms with Gasteiger partial charge in [0, 0.05) is 6.04 Å². The Balaban J connectivity index is 2.56. The first-order valence-corrected chi connectivity index (χ1v) is 7.60. The first kappa shape index (κ1) is 14.9. The number of hydrogen-bond donors (Lipinski definition) is 1. The second-order valence-corrected chi connectivity index (χ2v) is 6.83. The Labute approximate surface area is 116 Å². The van der Waals surface area contributed by atoms with Crippen molar-refractivity contribution in [3.8, 4) is 0 Å². The van der Waals surface area contributed by atoms with Gasteiger partial charge >= 0.3 is 5.69 Å². The molecule has 0 aliphatic heterocycles. The molecule has 0 radical (unpaired) electrons. The van der Waals surface area contributed by atoms with E-state index in [9.17, 15) is 22.9 Å². The van der Waals surface area contributed by atoms with Crippen LogP contribution in [0.4, 0.5) is 10.1 Å². The van der Waals surface area contributed by atoms with Crippen LogP contribution in [0.3, 0.4) is 0 Å². The van der Waals surface area contributed by atoms with Crippen molar-refractivity contribution in [2.75, 3.05) is 0 Å². The fraction of sp³-hybridized carbons (Fsp3) is 0.500. The number of rotatable bonds is 4. The lowest BCUT2D eigenvalue weighted by atomic mass is 10.1. The first-order valence-electron chi connectivity index (χ1n) is 6.11. The quantitative estimate of drug-likeness (QED) is 0.680. The van der Waals surface area contributed by atoms with Gasteiger partial charge in [-0.15, -0.1) is 0 Å². The van der Waals surface area contributed by atoms with Crippen LogP contribution >= 0.6 is 0 Å². The van der Waals surface area contributed by atoms with Crippen molar-refractivity contribution < 1.29 is 17.7 Å². The third kappa shape index (κ3) is 2.53. The molecule has 110 valence electrons. The Kier molecular flexibility index (Phi) is 3.55. The number of nitro groups is 1. The summed E-state index contributed by atoms with van der Waals surface area (Å²) in [4.78, 5) is 9.77. The molecule has 2 rings (SSSR count). The van der Waals surface area contributed by atoms with Crippen molar-refractivity contribution in [3.05, 3.63) is 33.1 Å². The minimum absolute atomic E-state index is 0.150. The van der Waals surface area contributed by atoms with Crippen LogP contribution in [0.2, 0.25) is 0 Å². The number of aryl methyl sites for hydroxylation is 1. The van der Waals surface area contributed by atoms with E-state index in [1.807, 2.05) is 6.92 Å². The average Bonchev–Trinajstić information content (AvgIpc) is 2.90. The lowest BCUT2D eigenvalue weighted by Crippen LogP contribution is -2.28. The lowest BCUT2D eigenvalue weighted by molar-refractivity contribution is -0.388. The highest BCUT2D eigenvalue weighted by Gasteiger charge is 2.38. The van der Waals surface area contributed by atoms with Gasteiger partial charge in [-0.1, -0.05) is 6.92 Å². The zero-order valence-corrected chi connectivity index (χ0v) is 12.1. The minimum atomic E-state index is -3.89. The maximum atomic E-state index is 13.6. The number of benzene rings is 1. The molecule has 1 aromatic carbocycles. The summed E-state index contributed by atoms with van der Waals surface area (Å²) in [7, 11) is -3.89. The molecule has 1 N–H and O–H groups in total. The van der Waals surface area contributed by atoms with Crippen LogP contribution in [0.25, 0.3) is 0 Å². The monoisotopic (exact) mass is 302 g/mol. The molecule has 1 aliphatic rings. The van der Waals surface area contributed by atoms with Gasteiger partial charge in [0.05, 0.1) is 15.4 Å². The van der Waals surface area contributed by atoms with E-state index in [4.69, 9.17) is 0 Å². The Morgan fingerprint density at radius 1 is 1.45 bits per heavy atom. The molecule has 1 saturated carbocycles. The Morgan fingerprint density at radius 3 is 2.45 bits per heavy atom. The zero-order valence-electron chi connectivity index (χ0n) is 11.3. The fourth-order valence-corrected chi connectivity index (χ4v) is 4.12. The third-order valence-electron chi connectivity index (χ3n) is 3.49. The molecule has 20 heavy (non-hydrogen) atoms. The van der Waals surface area contributed by atoms with Crippen LogP contribution in [0.1, 0.15) is 24.5 Å². The van der Waals surface area contributed by atoms with E-state index in [1.165, 1.54) is 13.8 Å². The van der Waals surface area contributed by atoms with E-state index in [-0.39, 0.29) is 28.0 Å². The largest absolute Gasteiger partial charge is 0.309 e. The van der Waals surface area contributed by atoms with E-state index in [0.29, 0.717) is 0 Å². The molecule has 8 heteroatoms. The Hall–Kier alpha value is -1.54. The summed E-state index contributed by atoms with van der Waals surface area (Å²) in [6.45, 7) is 4.57.